The normalized spacial score (nSPS) is 14.0. The van der Waals surface area contributed by atoms with E-state index < -0.39 is 15.7 Å². The fourth-order valence-electron chi connectivity index (χ4n) is 3.42. The van der Waals surface area contributed by atoms with Gasteiger partial charge in [0, 0.05) is 29.8 Å². The third-order valence-electron chi connectivity index (χ3n) is 5.51. The number of carbonyl (C=O) groups is 1. The first-order valence-electron chi connectivity index (χ1n) is 11.7. The minimum absolute atomic E-state index is 0.0276. The average Bonchev–Trinajstić information content (AvgIpc) is 3.52. The Hall–Kier alpha value is -3.46. The first kappa shape index (κ1) is 26.2. The predicted molar refractivity (Wildman–Crippen MR) is 146 cm³/mol. The fourth-order valence-corrected chi connectivity index (χ4v) is 6.43. The van der Waals surface area contributed by atoms with Crippen molar-refractivity contribution < 1.29 is 22.8 Å². The van der Waals surface area contributed by atoms with E-state index in [4.69, 9.17) is 9.57 Å². The molecule has 14 heteroatoms. The van der Waals surface area contributed by atoms with Gasteiger partial charge in [-0.05, 0) is 38.1 Å². The Bertz CT molecular complexity index is 1550. The number of oxime groups is 1. The summed E-state index contributed by atoms with van der Waals surface area (Å²) in [5.41, 5.74) is 0.982. The Balaban J connectivity index is 1.36. The molecule has 1 aromatic carbocycles. The summed E-state index contributed by atoms with van der Waals surface area (Å²) in [6.07, 6.45) is 2.99. The molecule has 38 heavy (non-hydrogen) atoms. The number of anilines is 1. The molecule has 1 aliphatic carbocycles. The average molecular weight is 573 g/mol. The van der Waals surface area contributed by atoms with Gasteiger partial charge >= 0.3 is 0 Å². The molecule has 4 aromatic rings. The van der Waals surface area contributed by atoms with E-state index in [1.54, 1.807) is 30.5 Å². The Morgan fingerprint density at radius 1 is 1.16 bits per heavy atom. The summed E-state index contributed by atoms with van der Waals surface area (Å²) in [5, 5.41) is 12.3. The van der Waals surface area contributed by atoms with Crippen molar-refractivity contribution in [3.8, 4) is 5.88 Å². The highest BCUT2D eigenvalue weighted by atomic mass is 32.2. The van der Waals surface area contributed by atoms with Crippen molar-refractivity contribution in [2.75, 3.05) is 25.5 Å². The van der Waals surface area contributed by atoms with Gasteiger partial charge in [0.15, 0.2) is 27.3 Å². The Labute approximate surface area is 226 Å². The number of amides is 1. The molecule has 1 fully saturated rings. The molecular formula is C24H24N6O5S3. The quantitative estimate of drug-likeness (QED) is 0.148. The molecule has 0 saturated heterocycles. The minimum atomic E-state index is -3.36. The highest BCUT2D eigenvalue weighted by Gasteiger charge is 2.36. The number of nitrogens with one attached hydrogen (secondary N) is 2. The number of carbonyl (C=O) groups excluding carboxylic acids is 1. The molecular weight excluding hydrogens is 549 g/mol. The van der Waals surface area contributed by atoms with Gasteiger partial charge in [0.05, 0.1) is 10.1 Å². The van der Waals surface area contributed by atoms with Crippen LogP contribution in [0, 0.1) is 0 Å². The lowest BCUT2D eigenvalue weighted by Gasteiger charge is -2.08. The van der Waals surface area contributed by atoms with Crippen LogP contribution in [-0.4, -0.2) is 60.4 Å². The van der Waals surface area contributed by atoms with Crippen LogP contribution >= 0.6 is 22.7 Å². The fraction of sp³-hybridized carbons (Fsp3) is 0.292. The van der Waals surface area contributed by atoms with Crippen molar-refractivity contribution in [1.29, 1.82) is 0 Å². The van der Waals surface area contributed by atoms with Gasteiger partial charge in [0.1, 0.15) is 22.0 Å². The number of ether oxygens (including phenoxy) is 1. The van der Waals surface area contributed by atoms with Crippen LogP contribution in [0.4, 0.5) is 5.13 Å². The topological polar surface area (TPSA) is 145 Å². The number of pyridine rings is 1. The molecule has 1 saturated carbocycles. The first-order valence-corrected chi connectivity index (χ1v) is 15.0. The third-order valence-corrected chi connectivity index (χ3v) is 9.43. The smallest absolute Gasteiger partial charge is 0.280 e. The van der Waals surface area contributed by atoms with Gasteiger partial charge in [-0.1, -0.05) is 28.6 Å². The summed E-state index contributed by atoms with van der Waals surface area (Å²) < 4.78 is 30.7. The lowest BCUT2D eigenvalue weighted by Crippen LogP contribution is -2.24. The number of fused-ring (bicyclic) bond motifs is 1. The van der Waals surface area contributed by atoms with Crippen molar-refractivity contribution in [3.05, 3.63) is 58.5 Å². The maximum absolute atomic E-state index is 13.3. The molecule has 1 amide bonds. The zero-order chi connectivity index (χ0) is 26.5. The number of benzene rings is 1. The number of hydrogen-bond acceptors (Lipinski definition) is 12. The summed E-state index contributed by atoms with van der Waals surface area (Å²) in [6, 6.07) is 9.58. The molecule has 3 heterocycles. The zero-order valence-electron chi connectivity index (χ0n) is 20.3. The summed E-state index contributed by atoms with van der Waals surface area (Å²) in [7, 11) is -1.52. The van der Waals surface area contributed by atoms with E-state index in [1.165, 1.54) is 34.8 Å². The molecule has 5 rings (SSSR count). The molecule has 0 radical (unpaired) electrons. The first-order chi connectivity index (χ1) is 18.4. The van der Waals surface area contributed by atoms with E-state index in [-0.39, 0.29) is 22.5 Å². The van der Waals surface area contributed by atoms with Gasteiger partial charge in [-0.2, -0.15) is 0 Å². The summed E-state index contributed by atoms with van der Waals surface area (Å²) in [5.74, 6) is -0.0974. The number of nitrogens with zero attached hydrogens (tertiary/aromatic N) is 4. The monoisotopic (exact) mass is 572 g/mol. The van der Waals surface area contributed by atoms with E-state index in [0.29, 0.717) is 57.9 Å². The SMILES string of the molecule is CNCCOc1ccc2nc(NC(=O)C(=NOCc3nccs3)c3ccc(S(=O)(=O)C4CC4)cc3)sc2n1. The van der Waals surface area contributed by atoms with Gasteiger partial charge in [0.25, 0.3) is 5.91 Å². The van der Waals surface area contributed by atoms with Gasteiger partial charge < -0.3 is 14.9 Å². The minimum Gasteiger partial charge on any atom is -0.476 e. The van der Waals surface area contributed by atoms with Crippen molar-refractivity contribution >= 4 is 59.6 Å². The molecule has 0 unspecified atom stereocenters. The molecule has 0 spiro atoms. The molecule has 3 aromatic heterocycles. The zero-order valence-corrected chi connectivity index (χ0v) is 22.7. The second-order valence-corrected chi connectivity index (χ2v) is 12.5. The van der Waals surface area contributed by atoms with E-state index >= 15 is 0 Å². The van der Waals surface area contributed by atoms with Crippen molar-refractivity contribution in [2.45, 2.75) is 29.6 Å². The predicted octanol–water partition coefficient (Wildman–Crippen LogP) is 3.24. The number of likely N-dealkylation sites (N-methyl/N-ethyl adjacent to an activating group) is 1. The van der Waals surface area contributed by atoms with Crippen molar-refractivity contribution in [3.63, 3.8) is 0 Å². The van der Waals surface area contributed by atoms with Crippen LogP contribution in [-0.2, 0) is 26.1 Å². The summed E-state index contributed by atoms with van der Waals surface area (Å²) in [6.45, 7) is 1.24. The lowest BCUT2D eigenvalue weighted by atomic mass is 10.1. The summed E-state index contributed by atoms with van der Waals surface area (Å²) >= 11 is 2.60. The van der Waals surface area contributed by atoms with Crippen LogP contribution in [0.5, 0.6) is 5.88 Å². The number of sulfone groups is 1. The Morgan fingerprint density at radius 3 is 2.68 bits per heavy atom. The van der Waals surface area contributed by atoms with Gasteiger partial charge in [-0.15, -0.1) is 11.3 Å². The summed E-state index contributed by atoms with van der Waals surface area (Å²) in [4.78, 5) is 32.6. The van der Waals surface area contributed by atoms with Crippen LogP contribution in [0.15, 0.2) is 58.0 Å². The second kappa shape index (κ2) is 11.5. The number of rotatable bonds is 12. The second-order valence-electron chi connectivity index (χ2n) is 8.31. The molecule has 1 aliphatic rings. The van der Waals surface area contributed by atoms with Gasteiger partial charge in [-0.3, -0.25) is 10.1 Å². The maximum atomic E-state index is 13.3. The van der Waals surface area contributed by atoms with E-state index in [9.17, 15) is 13.2 Å². The molecule has 0 atom stereocenters. The molecule has 0 bridgehead atoms. The van der Waals surface area contributed by atoms with Crippen LogP contribution in [0.25, 0.3) is 10.3 Å². The Kier molecular flexibility index (Phi) is 7.93. The standard InChI is InChI=1S/C24H24N6O5S3/c1-25-10-12-34-19-9-8-18-23(28-19)37-24(27-18)29-22(31)21(30-35-14-20-26-11-13-36-20)15-2-4-16(5-3-15)38(32,33)17-6-7-17/h2-5,8-9,11,13,17,25H,6-7,10,12,14H2,1H3,(H,27,29,31). The van der Waals surface area contributed by atoms with Crippen LogP contribution in [0.3, 0.4) is 0 Å². The van der Waals surface area contributed by atoms with E-state index in [0.717, 1.165) is 0 Å². The molecule has 198 valence electrons. The largest absolute Gasteiger partial charge is 0.476 e. The lowest BCUT2D eigenvalue weighted by molar-refractivity contribution is -0.110. The highest BCUT2D eigenvalue weighted by Crippen LogP contribution is 2.33. The number of aromatic nitrogens is 3. The third kappa shape index (κ3) is 6.15. The molecule has 2 N–H and O–H groups in total. The van der Waals surface area contributed by atoms with Gasteiger partial charge in [0.2, 0.25) is 5.88 Å². The van der Waals surface area contributed by atoms with Crippen LogP contribution in [0.1, 0.15) is 23.4 Å². The van der Waals surface area contributed by atoms with Crippen molar-refractivity contribution in [1.82, 2.24) is 20.3 Å². The van der Waals surface area contributed by atoms with Crippen LogP contribution in [0.2, 0.25) is 0 Å². The molecule has 0 aliphatic heterocycles. The number of thiazole rings is 2. The maximum Gasteiger partial charge on any atom is 0.280 e. The van der Waals surface area contributed by atoms with Crippen molar-refractivity contribution in [2.24, 2.45) is 5.16 Å². The Morgan fingerprint density at radius 2 is 1.97 bits per heavy atom. The molecule has 11 nitrogen and oxygen atoms in total. The van der Waals surface area contributed by atoms with Gasteiger partial charge in [-0.25, -0.2) is 23.4 Å². The van der Waals surface area contributed by atoms with E-state index in [1.807, 2.05) is 12.4 Å². The van der Waals surface area contributed by atoms with Crippen LogP contribution < -0.4 is 15.4 Å². The highest BCUT2D eigenvalue weighted by molar-refractivity contribution is 7.92. The number of hydrogen-bond donors (Lipinski definition) is 2. The van der Waals surface area contributed by atoms with E-state index in [2.05, 4.69) is 30.7 Å².